The van der Waals surface area contributed by atoms with E-state index in [1.54, 1.807) is 17.7 Å². The Kier molecular flexibility index (Phi) is 13.0. The minimum atomic E-state index is -4.96. The van der Waals surface area contributed by atoms with Crippen LogP contribution < -0.4 is 5.32 Å². The number of carbonyl (C=O) groups is 1. The summed E-state index contributed by atoms with van der Waals surface area (Å²) in [6.45, 7) is 13.6. The van der Waals surface area contributed by atoms with Gasteiger partial charge in [0.15, 0.2) is 0 Å². The van der Waals surface area contributed by atoms with Crippen molar-refractivity contribution in [3.63, 3.8) is 0 Å². The molecule has 0 aliphatic carbocycles. The normalized spacial score (nSPS) is 16.1. The zero-order valence-corrected chi connectivity index (χ0v) is 24.5. The lowest BCUT2D eigenvalue weighted by Crippen LogP contribution is -2.31. The molecule has 1 fully saturated rings. The highest BCUT2D eigenvalue weighted by Gasteiger charge is 2.37. The molecule has 3 heterocycles. The fourth-order valence-corrected chi connectivity index (χ4v) is 4.07. The maximum atomic E-state index is 12.9. The lowest BCUT2D eigenvalue weighted by molar-refractivity contribution is -0.143. The first-order chi connectivity index (χ1) is 19.1. The number of aryl methyl sites for hydroxylation is 2. The number of ether oxygens (including phenoxy) is 1. The van der Waals surface area contributed by atoms with Crippen LogP contribution in [-0.4, -0.2) is 40.4 Å². The molecule has 1 N–H and O–H groups in total. The zero-order chi connectivity index (χ0) is 30.8. The predicted octanol–water partition coefficient (Wildman–Crippen LogP) is 7.83. The van der Waals surface area contributed by atoms with Gasteiger partial charge in [-0.15, -0.1) is 0 Å². The fraction of sp³-hybridized carbons (Fsp3) is 0.655. The number of benzene rings is 1. The minimum absolute atomic E-state index is 0.0314. The number of halogens is 6. The highest BCUT2D eigenvalue weighted by molar-refractivity contribution is 5.67. The molecule has 4 rings (SSSR count). The van der Waals surface area contributed by atoms with E-state index in [-0.39, 0.29) is 12.6 Å². The molecule has 1 saturated heterocycles. The quantitative estimate of drug-likeness (QED) is 0.369. The van der Waals surface area contributed by atoms with Crippen LogP contribution in [0.5, 0.6) is 0 Å². The van der Waals surface area contributed by atoms with Crippen LogP contribution in [0.4, 0.5) is 31.1 Å². The first-order valence-corrected chi connectivity index (χ1v) is 14.0. The van der Waals surface area contributed by atoms with Gasteiger partial charge in [-0.1, -0.05) is 34.1 Å². The number of alkyl halides is 6. The summed E-state index contributed by atoms with van der Waals surface area (Å²) in [5.41, 5.74) is -1.74. The summed E-state index contributed by atoms with van der Waals surface area (Å²) in [5.74, 6) is 1.86. The Morgan fingerprint density at radius 3 is 2.05 bits per heavy atom. The maximum Gasteiger partial charge on any atom is 0.416 e. The van der Waals surface area contributed by atoms with Crippen LogP contribution in [0.15, 0.2) is 24.3 Å². The molecule has 1 aromatic carbocycles. The van der Waals surface area contributed by atoms with Gasteiger partial charge in [-0.2, -0.15) is 31.4 Å². The van der Waals surface area contributed by atoms with E-state index in [4.69, 9.17) is 4.74 Å². The number of carbonyl (C=O) groups excluding carboxylic acids is 1. The van der Waals surface area contributed by atoms with E-state index in [1.807, 2.05) is 0 Å². The van der Waals surface area contributed by atoms with E-state index in [2.05, 4.69) is 38.1 Å². The number of rotatable bonds is 3. The molecule has 0 spiro atoms. The van der Waals surface area contributed by atoms with Gasteiger partial charge in [-0.3, -0.25) is 4.68 Å². The van der Waals surface area contributed by atoms with E-state index in [9.17, 15) is 31.1 Å². The summed E-state index contributed by atoms with van der Waals surface area (Å²) < 4.78 is 84.3. The Morgan fingerprint density at radius 2 is 1.59 bits per heavy atom. The smallest absolute Gasteiger partial charge is 0.416 e. The van der Waals surface area contributed by atoms with E-state index in [0.717, 1.165) is 23.2 Å². The highest BCUT2D eigenvalue weighted by Crippen LogP contribution is 2.36. The van der Waals surface area contributed by atoms with E-state index < -0.39 is 41.7 Å². The van der Waals surface area contributed by atoms with Gasteiger partial charge in [0, 0.05) is 13.1 Å². The van der Waals surface area contributed by atoms with Crippen molar-refractivity contribution in [1.82, 2.24) is 20.0 Å². The summed E-state index contributed by atoms with van der Waals surface area (Å²) in [6.07, 6.45) is -6.09. The number of amides is 1. The highest BCUT2D eigenvalue weighted by atomic mass is 19.4. The van der Waals surface area contributed by atoms with Crippen molar-refractivity contribution in [1.29, 1.82) is 0 Å². The van der Waals surface area contributed by atoms with Crippen LogP contribution in [0.2, 0.25) is 0 Å². The third-order valence-electron chi connectivity index (χ3n) is 6.85. The summed E-state index contributed by atoms with van der Waals surface area (Å²) in [7, 11) is 0. The molecule has 0 radical (unpaired) electrons. The van der Waals surface area contributed by atoms with Gasteiger partial charge in [-0.05, 0) is 80.9 Å². The Hall–Kier alpha value is -2.76. The number of hydrogen-bond donors (Lipinski definition) is 1. The lowest BCUT2D eigenvalue weighted by Gasteiger charge is -2.20. The van der Waals surface area contributed by atoms with Crippen molar-refractivity contribution in [3.05, 3.63) is 52.3 Å². The van der Waals surface area contributed by atoms with Gasteiger partial charge in [-0.25, -0.2) is 4.79 Å². The van der Waals surface area contributed by atoms with Gasteiger partial charge >= 0.3 is 18.4 Å². The standard InChI is InChI=1S/C18H17F6N3O2.C6H13N.C5H12/c1-11-5-15-9-26(3-2-4-27(15)25-11)16(28)29-10-12-6-13(17(19,20)21)8-14(7-12)18(22,23)24;1-6-2-4-7-5-3-6;1-4-5(2)3/h5-8H,2-4,9-10H2,1H3;6-7H,2-5H2,1H3;5H,4H2,1-3H3. The molecule has 2 aliphatic heterocycles. The van der Waals surface area contributed by atoms with Crippen LogP contribution in [0.25, 0.3) is 0 Å². The Balaban J connectivity index is 0.000000406. The average molecular weight is 593 g/mol. The van der Waals surface area contributed by atoms with Gasteiger partial charge in [0.2, 0.25) is 0 Å². The van der Waals surface area contributed by atoms with Gasteiger partial charge in [0.1, 0.15) is 6.61 Å². The molecule has 0 saturated carbocycles. The average Bonchev–Trinajstić information content (AvgIpc) is 3.13. The monoisotopic (exact) mass is 592 g/mol. The van der Waals surface area contributed by atoms with E-state index in [0.29, 0.717) is 31.6 Å². The summed E-state index contributed by atoms with van der Waals surface area (Å²) >= 11 is 0. The van der Waals surface area contributed by atoms with Crippen LogP contribution in [0.3, 0.4) is 0 Å². The third-order valence-corrected chi connectivity index (χ3v) is 6.85. The number of nitrogens with one attached hydrogen (secondary N) is 1. The second-order valence-electron chi connectivity index (χ2n) is 11.0. The number of fused-ring (bicyclic) bond motifs is 1. The molecule has 2 aliphatic rings. The van der Waals surface area contributed by atoms with Crippen molar-refractivity contribution >= 4 is 6.09 Å². The fourth-order valence-electron chi connectivity index (χ4n) is 4.07. The number of hydrogen-bond acceptors (Lipinski definition) is 4. The van der Waals surface area contributed by atoms with Crippen molar-refractivity contribution in [2.75, 3.05) is 19.6 Å². The van der Waals surface area contributed by atoms with E-state index >= 15 is 0 Å². The molecule has 0 unspecified atom stereocenters. The van der Waals surface area contributed by atoms with Gasteiger partial charge in [0.25, 0.3) is 0 Å². The largest absolute Gasteiger partial charge is 0.445 e. The summed E-state index contributed by atoms with van der Waals surface area (Å²) in [5, 5.41) is 7.60. The minimum Gasteiger partial charge on any atom is -0.445 e. The summed E-state index contributed by atoms with van der Waals surface area (Å²) in [4.78, 5) is 13.7. The zero-order valence-electron chi connectivity index (χ0n) is 24.5. The van der Waals surface area contributed by atoms with Crippen molar-refractivity contribution in [3.8, 4) is 0 Å². The Bertz CT molecular complexity index is 1060. The molecule has 2 aromatic rings. The van der Waals surface area contributed by atoms with E-state index in [1.165, 1.54) is 37.3 Å². The van der Waals surface area contributed by atoms with Crippen LogP contribution in [0.1, 0.15) is 81.5 Å². The molecule has 232 valence electrons. The molecule has 0 bridgehead atoms. The molecule has 1 aromatic heterocycles. The van der Waals surface area contributed by atoms with Crippen molar-refractivity contribution in [2.24, 2.45) is 11.8 Å². The molecule has 12 heteroatoms. The predicted molar refractivity (Wildman–Crippen MR) is 145 cm³/mol. The Labute approximate surface area is 238 Å². The first-order valence-electron chi connectivity index (χ1n) is 14.0. The SMILES string of the molecule is CC1CCNCC1.CCC(C)C.Cc1cc2n(n1)CCCN(C(=O)OCc1cc(C(F)(F)F)cc(C(F)(F)F)c1)C2. The number of aromatic nitrogens is 2. The van der Waals surface area contributed by atoms with Crippen LogP contribution in [0, 0.1) is 18.8 Å². The third kappa shape index (κ3) is 11.9. The first kappa shape index (κ1) is 34.4. The van der Waals surface area contributed by atoms with Gasteiger partial charge < -0.3 is 15.0 Å². The van der Waals surface area contributed by atoms with Gasteiger partial charge in [0.05, 0.1) is 29.1 Å². The molecule has 41 heavy (non-hydrogen) atoms. The van der Waals surface area contributed by atoms with Crippen LogP contribution in [-0.2, 0) is 36.8 Å². The molecular weight excluding hydrogens is 550 g/mol. The second kappa shape index (κ2) is 15.5. The van der Waals surface area contributed by atoms with Crippen molar-refractivity contribution < 1.29 is 35.9 Å². The maximum absolute atomic E-state index is 12.9. The molecule has 0 atom stereocenters. The van der Waals surface area contributed by atoms with Crippen LogP contribution >= 0.6 is 0 Å². The lowest BCUT2D eigenvalue weighted by atomic mass is 10.0. The Morgan fingerprint density at radius 1 is 1.02 bits per heavy atom. The number of piperidine rings is 1. The number of nitrogens with zero attached hydrogens (tertiary/aromatic N) is 3. The topological polar surface area (TPSA) is 59.4 Å². The summed E-state index contributed by atoms with van der Waals surface area (Å²) in [6, 6.07) is 2.92. The molecule has 6 nitrogen and oxygen atoms in total. The van der Waals surface area contributed by atoms with Crippen molar-refractivity contribution in [2.45, 2.75) is 92.4 Å². The second-order valence-corrected chi connectivity index (χ2v) is 11.0. The molecule has 1 amide bonds. The molecular formula is C29H42F6N4O2.